The van der Waals surface area contributed by atoms with Crippen LogP contribution in [0.4, 0.5) is 8.78 Å². The number of rotatable bonds is 5. The van der Waals surface area contributed by atoms with Gasteiger partial charge in [0.25, 0.3) is 6.43 Å². The van der Waals surface area contributed by atoms with Crippen LogP contribution in [0, 0.1) is 0 Å². The fourth-order valence-electron chi connectivity index (χ4n) is 1.39. The Kier molecular flexibility index (Phi) is 4.40. The number of hydrogen-bond donors (Lipinski definition) is 0. The van der Waals surface area contributed by atoms with Gasteiger partial charge >= 0.3 is 0 Å². The number of hydrogen-bond acceptors (Lipinski definition) is 2. The number of alkyl halides is 2. The summed E-state index contributed by atoms with van der Waals surface area (Å²) >= 11 is 0. The Morgan fingerprint density at radius 2 is 2.12 bits per heavy atom. The lowest BCUT2D eigenvalue weighted by atomic mass is 10.00. The third-order valence-electron chi connectivity index (χ3n) is 2.30. The first-order valence-electron chi connectivity index (χ1n) is 5.10. The molecule has 0 aliphatic rings. The van der Waals surface area contributed by atoms with Crippen molar-refractivity contribution < 1.29 is 18.3 Å². The molecule has 0 amide bonds. The lowest BCUT2D eigenvalue weighted by Crippen LogP contribution is -2.01. The van der Waals surface area contributed by atoms with Crippen LogP contribution >= 0.6 is 0 Å². The number of ether oxygens (including phenoxy) is 1. The molecule has 1 rings (SSSR count). The van der Waals surface area contributed by atoms with E-state index in [9.17, 15) is 13.6 Å². The van der Waals surface area contributed by atoms with Crippen molar-refractivity contribution in [2.75, 3.05) is 6.61 Å². The molecule has 0 saturated heterocycles. The van der Waals surface area contributed by atoms with E-state index in [2.05, 4.69) is 0 Å². The average molecular weight is 228 g/mol. The summed E-state index contributed by atoms with van der Waals surface area (Å²) in [6.45, 7) is 3.73. The highest BCUT2D eigenvalue weighted by Gasteiger charge is 2.16. The Morgan fingerprint density at radius 1 is 1.44 bits per heavy atom. The van der Waals surface area contributed by atoms with Crippen molar-refractivity contribution in [1.82, 2.24) is 0 Å². The zero-order valence-electron chi connectivity index (χ0n) is 9.24. The van der Waals surface area contributed by atoms with Gasteiger partial charge in [0.1, 0.15) is 12.0 Å². The molecule has 0 aliphatic carbocycles. The van der Waals surface area contributed by atoms with E-state index in [4.69, 9.17) is 4.74 Å². The molecule has 1 aromatic carbocycles. The molecular weight excluding hydrogens is 214 g/mol. The summed E-state index contributed by atoms with van der Waals surface area (Å²) < 4.78 is 30.6. The van der Waals surface area contributed by atoms with Crippen LogP contribution in [0.1, 0.15) is 37.3 Å². The molecule has 0 radical (unpaired) electrons. The first-order chi connectivity index (χ1) is 7.60. The van der Waals surface area contributed by atoms with Gasteiger partial charge in [-0.3, -0.25) is 0 Å². The van der Waals surface area contributed by atoms with Crippen LogP contribution in [0.15, 0.2) is 18.2 Å². The van der Waals surface area contributed by atoms with Gasteiger partial charge in [0.05, 0.1) is 12.2 Å². The standard InChI is InChI=1S/C12H14F2O2/c1-3-16-11-5-4-9(8(2)7-15)6-10(11)12(13)14/h4-8,12H,3H2,1-2H3. The number of carbonyl (C=O) groups is 1. The average Bonchev–Trinajstić information content (AvgIpc) is 2.28. The van der Waals surface area contributed by atoms with Gasteiger partial charge in [-0.25, -0.2) is 8.78 Å². The van der Waals surface area contributed by atoms with E-state index in [1.54, 1.807) is 19.9 Å². The van der Waals surface area contributed by atoms with Gasteiger partial charge in [0.2, 0.25) is 0 Å². The zero-order valence-corrected chi connectivity index (χ0v) is 9.24. The van der Waals surface area contributed by atoms with Crippen molar-refractivity contribution in [1.29, 1.82) is 0 Å². The second kappa shape index (κ2) is 5.58. The molecule has 0 fully saturated rings. The van der Waals surface area contributed by atoms with Gasteiger partial charge < -0.3 is 9.53 Å². The molecule has 0 bridgehead atoms. The molecule has 0 saturated carbocycles. The molecule has 88 valence electrons. The molecule has 4 heteroatoms. The lowest BCUT2D eigenvalue weighted by molar-refractivity contribution is -0.108. The summed E-state index contributed by atoms with van der Waals surface area (Å²) in [7, 11) is 0. The molecule has 16 heavy (non-hydrogen) atoms. The van der Waals surface area contributed by atoms with Crippen LogP contribution in [0.5, 0.6) is 5.75 Å². The van der Waals surface area contributed by atoms with E-state index in [1.165, 1.54) is 12.1 Å². The van der Waals surface area contributed by atoms with Crippen LogP contribution in [0.2, 0.25) is 0 Å². The summed E-state index contributed by atoms with van der Waals surface area (Å²) in [5.74, 6) is -0.201. The molecule has 2 nitrogen and oxygen atoms in total. The van der Waals surface area contributed by atoms with Crippen molar-refractivity contribution in [2.24, 2.45) is 0 Å². The summed E-state index contributed by atoms with van der Waals surface area (Å²) in [6.07, 6.45) is -1.87. The predicted octanol–water partition coefficient (Wildman–Crippen LogP) is 3.33. The maximum Gasteiger partial charge on any atom is 0.267 e. The molecule has 0 heterocycles. The molecule has 0 spiro atoms. The highest BCUT2D eigenvalue weighted by atomic mass is 19.3. The molecule has 0 aliphatic heterocycles. The summed E-state index contributed by atoms with van der Waals surface area (Å²) in [5, 5.41) is 0. The normalized spacial score (nSPS) is 12.6. The largest absolute Gasteiger partial charge is 0.493 e. The van der Waals surface area contributed by atoms with Crippen molar-refractivity contribution in [3.8, 4) is 5.75 Å². The van der Waals surface area contributed by atoms with Crippen molar-refractivity contribution >= 4 is 6.29 Å². The number of aldehydes is 1. The minimum Gasteiger partial charge on any atom is -0.493 e. The Labute approximate surface area is 93.2 Å². The Morgan fingerprint density at radius 3 is 2.62 bits per heavy atom. The van der Waals surface area contributed by atoms with E-state index in [-0.39, 0.29) is 17.2 Å². The van der Waals surface area contributed by atoms with E-state index < -0.39 is 6.43 Å². The Hall–Kier alpha value is -1.45. The van der Waals surface area contributed by atoms with Crippen LogP contribution < -0.4 is 4.74 Å². The molecule has 1 atom stereocenters. The highest BCUT2D eigenvalue weighted by Crippen LogP contribution is 2.31. The van der Waals surface area contributed by atoms with Crippen LogP contribution in [0.3, 0.4) is 0 Å². The summed E-state index contributed by atoms with van der Waals surface area (Å²) in [6, 6.07) is 4.45. The van der Waals surface area contributed by atoms with E-state index in [1.807, 2.05) is 0 Å². The van der Waals surface area contributed by atoms with Gasteiger partial charge in [-0.15, -0.1) is 0 Å². The first kappa shape index (κ1) is 12.6. The van der Waals surface area contributed by atoms with Crippen LogP contribution in [-0.4, -0.2) is 12.9 Å². The molecule has 0 aromatic heterocycles. The van der Waals surface area contributed by atoms with Crippen molar-refractivity contribution in [2.45, 2.75) is 26.2 Å². The second-order valence-corrected chi connectivity index (χ2v) is 3.46. The topological polar surface area (TPSA) is 26.3 Å². The monoisotopic (exact) mass is 228 g/mol. The van der Waals surface area contributed by atoms with Gasteiger partial charge in [-0.2, -0.15) is 0 Å². The van der Waals surface area contributed by atoms with Crippen LogP contribution in [0.25, 0.3) is 0 Å². The third-order valence-corrected chi connectivity index (χ3v) is 2.30. The zero-order chi connectivity index (χ0) is 12.1. The van der Waals surface area contributed by atoms with Crippen molar-refractivity contribution in [3.63, 3.8) is 0 Å². The highest BCUT2D eigenvalue weighted by molar-refractivity contribution is 5.62. The fourth-order valence-corrected chi connectivity index (χ4v) is 1.39. The van der Waals surface area contributed by atoms with Gasteiger partial charge in [-0.1, -0.05) is 13.0 Å². The first-order valence-corrected chi connectivity index (χ1v) is 5.10. The fraction of sp³-hybridized carbons (Fsp3) is 0.417. The van der Waals surface area contributed by atoms with Crippen molar-refractivity contribution in [3.05, 3.63) is 29.3 Å². The molecule has 0 N–H and O–H groups in total. The minimum absolute atomic E-state index is 0.159. The summed E-state index contributed by atoms with van der Waals surface area (Å²) in [4.78, 5) is 10.6. The molecule has 1 unspecified atom stereocenters. The maximum atomic E-state index is 12.7. The van der Waals surface area contributed by atoms with Gasteiger partial charge in [0, 0.05) is 5.92 Å². The Balaban J connectivity index is 3.11. The number of carbonyl (C=O) groups excluding carboxylic acids is 1. The van der Waals surface area contributed by atoms with E-state index >= 15 is 0 Å². The summed E-state index contributed by atoms with van der Waals surface area (Å²) in [5.41, 5.74) is 0.418. The van der Waals surface area contributed by atoms with E-state index in [0.717, 1.165) is 6.29 Å². The van der Waals surface area contributed by atoms with Gasteiger partial charge in [0.15, 0.2) is 0 Å². The smallest absolute Gasteiger partial charge is 0.267 e. The lowest BCUT2D eigenvalue weighted by Gasteiger charge is -2.12. The molecular formula is C12H14F2O2. The van der Waals surface area contributed by atoms with Gasteiger partial charge in [-0.05, 0) is 24.6 Å². The number of halogens is 2. The second-order valence-electron chi connectivity index (χ2n) is 3.46. The Bertz CT molecular complexity index is 364. The maximum absolute atomic E-state index is 12.7. The quantitative estimate of drug-likeness (QED) is 0.722. The molecule has 1 aromatic rings. The third kappa shape index (κ3) is 2.78. The van der Waals surface area contributed by atoms with Crippen LogP contribution in [-0.2, 0) is 4.79 Å². The predicted molar refractivity (Wildman–Crippen MR) is 57.0 cm³/mol. The van der Waals surface area contributed by atoms with E-state index in [0.29, 0.717) is 12.2 Å². The minimum atomic E-state index is -2.60. The number of benzene rings is 1. The SMILES string of the molecule is CCOc1ccc(C(C)C=O)cc1C(F)F.